The highest BCUT2D eigenvalue weighted by molar-refractivity contribution is 5.89. The molecule has 1 aromatic rings. The van der Waals surface area contributed by atoms with Gasteiger partial charge in [0, 0.05) is 13.1 Å². The smallest absolute Gasteiger partial charge is 0.243 e. The largest absolute Gasteiger partial charge is 0.354 e. The lowest BCUT2D eigenvalue weighted by Crippen LogP contribution is -2.58. The average molecular weight is 261 g/mol. The van der Waals surface area contributed by atoms with Crippen LogP contribution in [0, 0.1) is 0 Å². The van der Waals surface area contributed by atoms with Gasteiger partial charge in [0.15, 0.2) is 0 Å². The van der Waals surface area contributed by atoms with E-state index in [1.54, 1.807) is 0 Å². The lowest BCUT2D eigenvalue weighted by molar-refractivity contribution is -0.130. The highest BCUT2D eigenvalue weighted by Crippen LogP contribution is 2.01. The standard InChI is InChI=1S/C14H19N3O2/c18-13-10-15-9-12(17-13)14(19)16-8-4-7-11-5-2-1-3-6-11/h1-3,5-6,12,15H,4,7-10H2,(H,16,19)(H,17,18)/t12-/m1/s1. The Morgan fingerprint density at radius 1 is 1.32 bits per heavy atom. The highest BCUT2D eigenvalue weighted by atomic mass is 16.2. The molecule has 5 heteroatoms. The Morgan fingerprint density at radius 2 is 2.11 bits per heavy atom. The summed E-state index contributed by atoms with van der Waals surface area (Å²) in [5.74, 6) is -0.246. The van der Waals surface area contributed by atoms with Gasteiger partial charge >= 0.3 is 0 Å². The number of carbonyl (C=O) groups excluding carboxylic acids is 2. The maximum Gasteiger partial charge on any atom is 0.243 e. The Hall–Kier alpha value is -1.88. The van der Waals surface area contributed by atoms with Gasteiger partial charge in [0.1, 0.15) is 6.04 Å². The van der Waals surface area contributed by atoms with Crippen LogP contribution in [0.2, 0.25) is 0 Å². The minimum atomic E-state index is -0.446. The van der Waals surface area contributed by atoms with Crippen molar-refractivity contribution in [1.82, 2.24) is 16.0 Å². The van der Waals surface area contributed by atoms with Crippen molar-refractivity contribution in [1.29, 1.82) is 0 Å². The van der Waals surface area contributed by atoms with Crippen LogP contribution in [0.3, 0.4) is 0 Å². The van der Waals surface area contributed by atoms with Gasteiger partial charge in [0.05, 0.1) is 6.54 Å². The first-order valence-corrected chi connectivity index (χ1v) is 6.57. The molecule has 1 aromatic carbocycles. The highest BCUT2D eigenvalue weighted by Gasteiger charge is 2.23. The summed E-state index contributed by atoms with van der Waals surface area (Å²) in [6.07, 6.45) is 1.83. The molecule has 0 bridgehead atoms. The molecule has 1 aliphatic heterocycles. The predicted octanol–water partition coefficient (Wildman–Crippen LogP) is -0.177. The third-order valence-corrected chi connectivity index (χ3v) is 3.07. The summed E-state index contributed by atoms with van der Waals surface area (Å²) in [4.78, 5) is 22.9. The van der Waals surface area contributed by atoms with E-state index in [0.29, 0.717) is 13.1 Å². The number of hydrogen-bond acceptors (Lipinski definition) is 3. The second-order valence-electron chi connectivity index (χ2n) is 4.63. The van der Waals surface area contributed by atoms with Crippen LogP contribution in [0.25, 0.3) is 0 Å². The summed E-state index contributed by atoms with van der Waals surface area (Å²) in [7, 11) is 0. The molecule has 1 saturated heterocycles. The first-order valence-electron chi connectivity index (χ1n) is 6.57. The minimum absolute atomic E-state index is 0.117. The summed E-state index contributed by atoms with van der Waals surface area (Å²) >= 11 is 0. The van der Waals surface area contributed by atoms with Crippen LogP contribution in [0.4, 0.5) is 0 Å². The molecule has 2 amide bonds. The number of benzene rings is 1. The van der Waals surface area contributed by atoms with Crippen LogP contribution in [0.1, 0.15) is 12.0 Å². The number of piperazine rings is 1. The van der Waals surface area contributed by atoms with Crippen molar-refractivity contribution in [2.24, 2.45) is 0 Å². The van der Waals surface area contributed by atoms with Crippen LogP contribution < -0.4 is 16.0 Å². The van der Waals surface area contributed by atoms with Crippen molar-refractivity contribution in [3.8, 4) is 0 Å². The van der Waals surface area contributed by atoms with Crippen LogP contribution in [0.5, 0.6) is 0 Å². The molecule has 1 aliphatic rings. The Bertz CT molecular complexity index is 434. The van der Waals surface area contributed by atoms with Gasteiger partial charge in [-0.1, -0.05) is 30.3 Å². The molecule has 1 heterocycles. The monoisotopic (exact) mass is 261 g/mol. The molecule has 5 nitrogen and oxygen atoms in total. The molecular weight excluding hydrogens is 242 g/mol. The first-order chi connectivity index (χ1) is 9.25. The Morgan fingerprint density at radius 3 is 2.84 bits per heavy atom. The second kappa shape index (κ2) is 6.89. The molecule has 0 aliphatic carbocycles. The summed E-state index contributed by atoms with van der Waals surface area (Å²) < 4.78 is 0. The molecule has 1 atom stereocenters. The van der Waals surface area contributed by atoms with Crippen LogP contribution >= 0.6 is 0 Å². The lowest BCUT2D eigenvalue weighted by atomic mass is 10.1. The van der Waals surface area contributed by atoms with E-state index in [2.05, 4.69) is 28.1 Å². The van der Waals surface area contributed by atoms with Gasteiger partial charge in [0.2, 0.25) is 11.8 Å². The zero-order chi connectivity index (χ0) is 13.5. The van der Waals surface area contributed by atoms with Crippen molar-refractivity contribution in [2.75, 3.05) is 19.6 Å². The molecule has 2 rings (SSSR count). The molecule has 3 N–H and O–H groups in total. The Balaban J connectivity index is 1.65. The molecule has 0 unspecified atom stereocenters. The molecular formula is C14H19N3O2. The van der Waals surface area contributed by atoms with Crippen molar-refractivity contribution >= 4 is 11.8 Å². The van der Waals surface area contributed by atoms with Gasteiger partial charge in [-0.05, 0) is 18.4 Å². The number of amides is 2. The SMILES string of the molecule is O=C1CNC[C@H](C(=O)NCCCc2ccccc2)N1. The van der Waals surface area contributed by atoms with Crippen molar-refractivity contribution in [3.05, 3.63) is 35.9 Å². The van der Waals surface area contributed by atoms with Gasteiger partial charge in [-0.15, -0.1) is 0 Å². The summed E-state index contributed by atoms with van der Waals surface area (Å²) in [5.41, 5.74) is 1.27. The van der Waals surface area contributed by atoms with Crippen LogP contribution in [0.15, 0.2) is 30.3 Å². The Labute approximate surface area is 112 Å². The van der Waals surface area contributed by atoms with E-state index < -0.39 is 6.04 Å². The van der Waals surface area contributed by atoms with Crippen LogP contribution in [-0.4, -0.2) is 37.5 Å². The van der Waals surface area contributed by atoms with Crippen molar-refractivity contribution in [3.63, 3.8) is 0 Å². The zero-order valence-electron chi connectivity index (χ0n) is 10.8. The first kappa shape index (κ1) is 13.5. The fourth-order valence-corrected chi connectivity index (χ4v) is 2.06. The van der Waals surface area contributed by atoms with E-state index in [9.17, 15) is 9.59 Å². The van der Waals surface area contributed by atoms with E-state index in [4.69, 9.17) is 0 Å². The van der Waals surface area contributed by atoms with Gasteiger partial charge in [-0.3, -0.25) is 9.59 Å². The van der Waals surface area contributed by atoms with E-state index in [1.807, 2.05) is 18.2 Å². The molecule has 0 saturated carbocycles. The molecule has 0 aromatic heterocycles. The van der Waals surface area contributed by atoms with Gasteiger partial charge in [-0.25, -0.2) is 0 Å². The topological polar surface area (TPSA) is 70.2 Å². The lowest BCUT2D eigenvalue weighted by Gasteiger charge is -2.23. The molecule has 0 spiro atoms. The van der Waals surface area contributed by atoms with Gasteiger partial charge in [0.25, 0.3) is 0 Å². The van der Waals surface area contributed by atoms with E-state index >= 15 is 0 Å². The fourth-order valence-electron chi connectivity index (χ4n) is 2.06. The summed E-state index contributed by atoms with van der Waals surface area (Å²) in [6, 6.07) is 9.72. The maximum atomic E-state index is 11.8. The number of hydrogen-bond donors (Lipinski definition) is 3. The summed E-state index contributed by atoms with van der Waals surface area (Å²) in [6.45, 7) is 1.41. The van der Waals surface area contributed by atoms with Crippen molar-refractivity contribution < 1.29 is 9.59 Å². The third kappa shape index (κ3) is 4.37. The number of carbonyl (C=O) groups is 2. The third-order valence-electron chi connectivity index (χ3n) is 3.07. The molecule has 19 heavy (non-hydrogen) atoms. The predicted molar refractivity (Wildman–Crippen MR) is 72.6 cm³/mol. The van der Waals surface area contributed by atoms with Gasteiger partial charge < -0.3 is 16.0 Å². The number of rotatable bonds is 5. The average Bonchev–Trinajstić information content (AvgIpc) is 2.44. The maximum absolute atomic E-state index is 11.8. The number of aryl methyl sites for hydroxylation is 1. The van der Waals surface area contributed by atoms with Crippen LogP contribution in [-0.2, 0) is 16.0 Å². The van der Waals surface area contributed by atoms with E-state index in [1.165, 1.54) is 5.56 Å². The molecule has 0 radical (unpaired) electrons. The zero-order valence-corrected chi connectivity index (χ0v) is 10.8. The minimum Gasteiger partial charge on any atom is -0.354 e. The van der Waals surface area contributed by atoms with E-state index in [0.717, 1.165) is 12.8 Å². The molecule has 1 fully saturated rings. The summed E-state index contributed by atoms with van der Waals surface area (Å²) in [5, 5.41) is 8.42. The fraction of sp³-hybridized carbons (Fsp3) is 0.429. The second-order valence-corrected chi connectivity index (χ2v) is 4.63. The normalized spacial score (nSPS) is 18.7. The quantitative estimate of drug-likeness (QED) is 0.644. The van der Waals surface area contributed by atoms with Crippen molar-refractivity contribution in [2.45, 2.75) is 18.9 Å². The van der Waals surface area contributed by atoms with Gasteiger partial charge in [-0.2, -0.15) is 0 Å². The number of nitrogens with one attached hydrogen (secondary N) is 3. The molecule has 102 valence electrons. The van der Waals surface area contributed by atoms with E-state index in [-0.39, 0.29) is 18.4 Å². The Kier molecular flexibility index (Phi) is 4.92.